The van der Waals surface area contributed by atoms with Crippen LogP contribution in [-0.4, -0.2) is 13.9 Å². The Morgan fingerprint density at radius 3 is 2.91 bits per heavy atom. The molecule has 1 heterocycles. The van der Waals surface area contributed by atoms with Crippen LogP contribution in [0.1, 0.15) is 19.8 Å². The van der Waals surface area contributed by atoms with Crippen LogP contribution in [0, 0.1) is 0 Å². The van der Waals surface area contributed by atoms with Crippen molar-refractivity contribution in [3.63, 3.8) is 0 Å². The molecule has 0 fully saturated rings. The van der Waals surface area contributed by atoms with Gasteiger partial charge in [0, 0.05) is 0 Å². The molecule has 1 aromatic rings. The van der Waals surface area contributed by atoms with Gasteiger partial charge in [-0.05, 0) is 13.0 Å². The molecule has 0 bridgehead atoms. The first-order valence-electron chi connectivity index (χ1n) is 4.11. The van der Waals surface area contributed by atoms with Gasteiger partial charge in [-0.25, -0.2) is 4.57 Å². The summed E-state index contributed by atoms with van der Waals surface area (Å²) < 4.78 is 4.47. The lowest BCUT2D eigenvalue weighted by molar-refractivity contribution is -0.696. The molecule has 0 aliphatic heterocycles. The van der Waals surface area contributed by atoms with E-state index in [1.54, 1.807) is 0 Å². The smallest absolute Gasteiger partial charge is 0.284 e. The summed E-state index contributed by atoms with van der Waals surface area (Å²) in [6, 6.07) is 0. The van der Waals surface area contributed by atoms with Crippen LogP contribution in [0.3, 0.4) is 0 Å². The maximum atomic E-state index is 2.25. The van der Waals surface area contributed by atoms with Gasteiger partial charge in [0.2, 0.25) is 6.33 Å². The van der Waals surface area contributed by atoms with E-state index in [0.717, 1.165) is 16.2 Å². The first-order valence-corrected chi connectivity index (χ1v) is 5.56. The van der Waals surface area contributed by atoms with Crippen LogP contribution in [0.4, 0.5) is 0 Å². The van der Waals surface area contributed by atoms with Crippen LogP contribution in [0.15, 0.2) is 18.7 Å². The maximum absolute atomic E-state index is 2.25. The van der Waals surface area contributed by atoms with Crippen molar-refractivity contribution in [2.45, 2.75) is 32.9 Å². The van der Waals surface area contributed by atoms with E-state index in [0.29, 0.717) is 0 Å². The first-order chi connectivity index (χ1) is 5.36. The summed E-state index contributed by atoms with van der Waals surface area (Å²) in [7, 11) is 0.852. The highest BCUT2D eigenvalue weighted by atomic mass is 28.2. The van der Waals surface area contributed by atoms with E-state index in [-0.39, 0.29) is 0 Å². The minimum absolute atomic E-state index is 0.852. The Balaban J connectivity index is 2.44. The van der Waals surface area contributed by atoms with E-state index in [1.807, 2.05) is 0 Å². The third kappa shape index (κ3) is 2.50. The van der Waals surface area contributed by atoms with Gasteiger partial charge in [-0.15, -0.1) is 0 Å². The van der Waals surface area contributed by atoms with Crippen molar-refractivity contribution in [3.8, 4) is 0 Å². The van der Waals surface area contributed by atoms with Crippen LogP contribution in [-0.2, 0) is 6.54 Å². The topological polar surface area (TPSA) is 8.81 Å². The third-order valence-corrected chi connectivity index (χ3v) is 2.50. The van der Waals surface area contributed by atoms with Gasteiger partial charge in [-0.1, -0.05) is 13.3 Å². The third-order valence-electron chi connectivity index (χ3n) is 1.72. The molecule has 0 aliphatic rings. The van der Waals surface area contributed by atoms with Crippen LogP contribution >= 0.6 is 0 Å². The molecule has 3 heteroatoms. The number of aromatic nitrogens is 2. The standard InChI is InChI=1S/C8H15N2Si/c1-3-4-5-9-6-7-10(8-9)11-2/h6-8H,3-5H2,1-2H3/q+1. The Hall–Kier alpha value is -0.573. The van der Waals surface area contributed by atoms with Gasteiger partial charge in [-0.3, -0.25) is 4.23 Å². The Kier molecular flexibility index (Phi) is 3.36. The number of hydrogen-bond donors (Lipinski definition) is 0. The summed E-state index contributed by atoms with van der Waals surface area (Å²) in [6.07, 6.45) is 9.00. The van der Waals surface area contributed by atoms with E-state index in [9.17, 15) is 0 Å². The number of imidazole rings is 1. The van der Waals surface area contributed by atoms with Gasteiger partial charge < -0.3 is 0 Å². The fourth-order valence-electron chi connectivity index (χ4n) is 0.999. The minimum atomic E-state index is 0.852. The second-order valence-electron chi connectivity index (χ2n) is 2.64. The van der Waals surface area contributed by atoms with E-state index < -0.39 is 0 Å². The molecule has 1 rings (SSSR count). The Labute approximate surface area is 70.8 Å². The molecule has 0 aliphatic carbocycles. The lowest BCUT2D eigenvalue weighted by Gasteiger charge is -1.91. The predicted molar refractivity (Wildman–Crippen MR) is 46.6 cm³/mol. The van der Waals surface area contributed by atoms with Gasteiger partial charge in [0.05, 0.1) is 6.54 Å². The second kappa shape index (κ2) is 4.33. The zero-order valence-electron chi connectivity index (χ0n) is 7.25. The van der Waals surface area contributed by atoms with Gasteiger partial charge in [0.15, 0.2) is 0 Å². The van der Waals surface area contributed by atoms with Crippen LogP contribution in [0.2, 0.25) is 6.55 Å². The Bertz CT molecular complexity index is 208. The highest BCUT2D eigenvalue weighted by Gasteiger charge is 2.00. The van der Waals surface area contributed by atoms with Crippen molar-refractivity contribution in [2.75, 3.05) is 0 Å². The second-order valence-corrected chi connectivity index (χ2v) is 3.60. The molecule has 0 saturated carbocycles. The molecule has 0 saturated heterocycles. The molecule has 0 spiro atoms. The first kappa shape index (κ1) is 8.52. The van der Waals surface area contributed by atoms with Gasteiger partial charge in [-0.2, -0.15) is 0 Å². The molecule has 0 unspecified atom stereocenters. The van der Waals surface area contributed by atoms with Crippen LogP contribution in [0.5, 0.6) is 0 Å². The Morgan fingerprint density at radius 1 is 1.55 bits per heavy atom. The SMILES string of the molecule is CCCC[n+]1ccn([Si]C)c1. The van der Waals surface area contributed by atoms with Crippen molar-refractivity contribution in [2.24, 2.45) is 0 Å². The fourth-order valence-corrected chi connectivity index (χ4v) is 1.48. The van der Waals surface area contributed by atoms with Crippen molar-refractivity contribution in [3.05, 3.63) is 18.7 Å². The molecule has 0 atom stereocenters. The highest BCUT2D eigenvalue weighted by molar-refractivity contribution is 6.31. The highest BCUT2D eigenvalue weighted by Crippen LogP contribution is 1.86. The van der Waals surface area contributed by atoms with E-state index in [4.69, 9.17) is 0 Å². The summed E-state index contributed by atoms with van der Waals surface area (Å²) in [4.78, 5) is 0. The van der Waals surface area contributed by atoms with Crippen molar-refractivity contribution < 1.29 is 4.57 Å². The molecule has 1 aromatic heterocycles. The van der Waals surface area contributed by atoms with E-state index >= 15 is 0 Å². The van der Waals surface area contributed by atoms with Crippen molar-refractivity contribution in [1.82, 2.24) is 4.23 Å². The molecular weight excluding hydrogens is 152 g/mol. The van der Waals surface area contributed by atoms with Crippen molar-refractivity contribution >= 4 is 9.68 Å². The number of unbranched alkanes of at least 4 members (excludes halogenated alkanes) is 1. The average Bonchev–Trinajstić information content (AvgIpc) is 2.48. The molecule has 0 amide bonds. The summed E-state index contributed by atoms with van der Waals surface area (Å²) in [6.45, 7) is 5.57. The Morgan fingerprint density at radius 2 is 2.36 bits per heavy atom. The fraction of sp³-hybridized carbons (Fsp3) is 0.625. The molecule has 11 heavy (non-hydrogen) atoms. The summed E-state index contributed by atoms with van der Waals surface area (Å²) in [5, 5.41) is 0. The zero-order valence-corrected chi connectivity index (χ0v) is 8.25. The van der Waals surface area contributed by atoms with E-state index in [2.05, 4.69) is 41.0 Å². The summed E-state index contributed by atoms with van der Waals surface area (Å²) in [5.74, 6) is 0. The normalized spacial score (nSPS) is 10.4. The maximum Gasteiger partial charge on any atom is 0.334 e. The molecule has 0 aromatic carbocycles. The largest absolute Gasteiger partial charge is 0.334 e. The quantitative estimate of drug-likeness (QED) is 0.469. The molecular formula is C8H15N2Si+. The lowest BCUT2D eigenvalue weighted by Crippen LogP contribution is -2.30. The summed E-state index contributed by atoms with van der Waals surface area (Å²) in [5.41, 5.74) is 0. The lowest BCUT2D eigenvalue weighted by atomic mass is 10.3. The van der Waals surface area contributed by atoms with Crippen LogP contribution < -0.4 is 4.57 Å². The van der Waals surface area contributed by atoms with Crippen LogP contribution in [0.25, 0.3) is 0 Å². The monoisotopic (exact) mass is 167 g/mol. The predicted octanol–water partition coefficient (Wildman–Crippen LogP) is 1.09. The number of hydrogen-bond acceptors (Lipinski definition) is 0. The molecule has 2 nitrogen and oxygen atoms in total. The van der Waals surface area contributed by atoms with E-state index in [1.165, 1.54) is 12.8 Å². The van der Waals surface area contributed by atoms with Gasteiger partial charge >= 0.3 is 9.68 Å². The average molecular weight is 167 g/mol. The molecule has 2 radical (unpaired) electrons. The zero-order chi connectivity index (χ0) is 8.10. The number of nitrogens with zero attached hydrogens (tertiary/aromatic N) is 2. The van der Waals surface area contributed by atoms with Gasteiger partial charge in [0.1, 0.15) is 12.4 Å². The molecule has 0 N–H and O–H groups in total. The summed E-state index contributed by atoms with van der Waals surface area (Å²) >= 11 is 0. The molecule has 60 valence electrons. The van der Waals surface area contributed by atoms with Gasteiger partial charge in [0.25, 0.3) is 0 Å². The van der Waals surface area contributed by atoms with Crippen molar-refractivity contribution in [1.29, 1.82) is 0 Å². The number of rotatable bonds is 4. The minimum Gasteiger partial charge on any atom is -0.284 e. The number of aryl methyl sites for hydroxylation is 1.